The van der Waals surface area contributed by atoms with E-state index in [1.54, 1.807) is 0 Å². The summed E-state index contributed by atoms with van der Waals surface area (Å²) < 4.78 is 19.1. The molecule has 6 heteroatoms. The lowest BCUT2D eigenvalue weighted by Crippen LogP contribution is -2.05. The smallest absolute Gasteiger partial charge is 0.338 e. The van der Waals surface area contributed by atoms with E-state index in [0.29, 0.717) is 0 Å². The summed E-state index contributed by atoms with van der Waals surface area (Å²) in [5.41, 5.74) is 5.77. The summed E-state index contributed by atoms with van der Waals surface area (Å²) in [5.74, 6) is -1.15. The molecule has 0 atom stereocenters. The first kappa shape index (κ1) is 13.0. The molecule has 2 aromatic rings. The fraction of sp³-hybridized carbons (Fsp3) is 0.0833. The van der Waals surface area contributed by atoms with Crippen molar-refractivity contribution in [2.75, 3.05) is 5.73 Å². The first-order chi connectivity index (χ1) is 8.54. The molecule has 0 bridgehead atoms. The molecule has 18 heavy (non-hydrogen) atoms. The van der Waals surface area contributed by atoms with Crippen LogP contribution in [-0.2, 0) is 11.3 Å². The molecule has 0 aliphatic heterocycles. The molecule has 0 aliphatic rings. The molecule has 2 N–H and O–H groups in total. The van der Waals surface area contributed by atoms with Crippen LogP contribution in [0.15, 0.2) is 34.1 Å². The van der Waals surface area contributed by atoms with Gasteiger partial charge in [-0.25, -0.2) is 9.18 Å². The molecule has 3 nitrogen and oxygen atoms in total. The Balaban J connectivity index is 2.03. The van der Waals surface area contributed by atoms with Crippen LogP contribution in [0.25, 0.3) is 0 Å². The van der Waals surface area contributed by atoms with Crippen LogP contribution in [0.2, 0.25) is 0 Å². The summed E-state index contributed by atoms with van der Waals surface area (Å²) in [6.07, 6.45) is 0. The number of thiophene rings is 1. The normalized spacial score (nSPS) is 10.3. The van der Waals surface area contributed by atoms with Gasteiger partial charge >= 0.3 is 5.97 Å². The largest absolute Gasteiger partial charge is 0.456 e. The van der Waals surface area contributed by atoms with Gasteiger partial charge in [-0.15, -0.1) is 11.3 Å². The summed E-state index contributed by atoms with van der Waals surface area (Å²) in [6.45, 7) is 0.158. The fourth-order valence-electron chi connectivity index (χ4n) is 1.38. The van der Waals surface area contributed by atoms with E-state index in [2.05, 4.69) is 15.9 Å². The molecule has 0 saturated heterocycles. The minimum Gasteiger partial charge on any atom is -0.456 e. The van der Waals surface area contributed by atoms with Crippen molar-refractivity contribution in [1.29, 1.82) is 0 Å². The number of hydrogen-bond acceptors (Lipinski definition) is 4. The summed E-state index contributed by atoms with van der Waals surface area (Å²) in [4.78, 5) is 12.6. The topological polar surface area (TPSA) is 52.3 Å². The van der Waals surface area contributed by atoms with Crippen LogP contribution in [0.3, 0.4) is 0 Å². The Hall–Kier alpha value is -1.40. The maximum Gasteiger partial charge on any atom is 0.338 e. The highest BCUT2D eigenvalue weighted by Gasteiger charge is 2.10. The number of halogens is 2. The van der Waals surface area contributed by atoms with Crippen molar-refractivity contribution in [3.63, 3.8) is 0 Å². The van der Waals surface area contributed by atoms with E-state index in [1.165, 1.54) is 17.4 Å². The molecule has 0 fully saturated rings. The van der Waals surface area contributed by atoms with Gasteiger partial charge in [-0.2, -0.15) is 0 Å². The van der Waals surface area contributed by atoms with Crippen LogP contribution >= 0.6 is 27.3 Å². The average molecular weight is 330 g/mol. The monoisotopic (exact) mass is 329 g/mol. The SMILES string of the molecule is Nc1cc(F)cc(C(=O)OCc2cc(Br)cs2)c1. The van der Waals surface area contributed by atoms with E-state index < -0.39 is 11.8 Å². The third kappa shape index (κ3) is 3.30. The molecule has 1 heterocycles. The van der Waals surface area contributed by atoms with Crippen LogP contribution in [0.4, 0.5) is 10.1 Å². The molecule has 0 spiro atoms. The van der Waals surface area contributed by atoms with E-state index in [1.807, 2.05) is 11.4 Å². The van der Waals surface area contributed by atoms with E-state index in [0.717, 1.165) is 21.5 Å². The lowest BCUT2D eigenvalue weighted by atomic mass is 10.2. The summed E-state index contributed by atoms with van der Waals surface area (Å²) in [7, 11) is 0. The number of carbonyl (C=O) groups excluding carboxylic acids is 1. The predicted octanol–water partition coefficient (Wildman–Crippen LogP) is 3.59. The van der Waals surface area contributed by atoms with Gasteiger partial charge in [0, 0.05) is 20.4 Å². The van der Waals surface area contributed by atoms with E-state index >= 15 is 0 Å². The number of benzene rings is 1. The zero-order valence-corrected chi connectivity index (χ0v) is 11.6. The molecule has 0 amide bonds. The number of nitrogen functional groups attached to an aromatic ring is 1. The number of ether oxygens (including phenoxy) is 1. The van der Waals surface area contributed by atoms with E-state index in [9.17, 15) is 9.18 Å². The number of esters is 1. The highest BCUT2D eigenvalue weighted by molar-refractivity contribution is 9.10. The van der Waals surface area contributed by atoms with Crippen molar-refractivity contribution in [2.24, 2.45) is 0 Å². The van der Waals surface area contributed by atoms with Crippen molar-refractivity contribution < 1.29 is 13.9 Å². The lowest BCUT2D eigenvalue weighted by molar-refractivity contribution is 0.0476. The molecule has 0 aliphatic carbocycles. The minimum absolute atomic E-state index is 0.114. The summed E-state index contributed by atoms with van der Waals surface area (Å²) >= 11 is 4.78. The summed E-state index contributed by atoms with van der Waals surface area (Å²) in [5, 5.41) is 1.89. The number of hydrogen-bond donors (Lipinski definition) is 1. The molecular weight excluding hydrogens is 321 g/mol. The van der Waals surface area contributed by atoms with E-state index in [4.69, 9.17) is 10.5 Å². The summed E-state index contributed by atoms with van der Waals surface area (Å²) in [6, 6.07) is 5.49. The van der Waals surface area contributed by atoms with Crippen molar-refractivity contribution in [3.05, 3.63) is 50.4 Å². The fourth-order valence-corrected chi connectivity index (χ4v) is 2.74. The molecule has 94 valence electrons. The van der Waals surface area contributed by atoms with Gasteiger partial charge in [0.25, 0.3) is 0 Å². The first-order valence-corrected chi connectivity index (χ1v) is 6.68. The second-order valence-corrected chi connectivity index (χ2v) is 5.49. The van der Waals surface area contributed by atoms with Crippen molar-refractivity contribution >= 4 is 38.9 Å². The predicted molar refractivity (Wildman–Crippen MR) is 72.0 cm³/mol. The Bertz CT molecular complexity index is 565. The van der Waals surface area contributed by atoms with Crippen LogP contribution in [0.1, 0.15) is 15.2 Å². The standard InChI is InChI=1S/C12H9BrFNO2S/c13-8-3-11(18-6-8)5-17-12(16)7-1-9(14)4-10(15)2-7/h1-4,6H,5,15H2. The number of rotatable bonds is 3. The third-order valence-electron chi connectivity index (χ3n) is 2.12. The molecule has 2 rings (SSSR count). The van der Waals surface area contributed by atoms with Gasteiger partial charge < -0.3 is 10.5 Å². The van der Waals surface area contributed by atoms with E-state index in [-0.39, 0.29) is 17.9 Å². The number of carbonyl (C=O) groups is 1. The van der Waals surface area contributed by atoms with Gasteiger partial charge in [0.05, 0.1) is 5.56 Å². The highest BCUT2D eigenvalue weighted by atomic mass is 79.9. The Kier molecular flexibility index (Phi) is 3.98. The highest BCUT2D eigenvalue weighted by Crippen LogP contribution is 2.21. The maximum absolute atomic E-state index is 13.1. The zero-order chi connectivity index (χ0) is 13.1. The van der Waals surface area contributed by atoms with Gasteiger partial charge in [-0.3, -0.25) is 0 Å². The van der Waals surface area contributed by atoms with Gasteiger partial charge in [0.2, 0.25) is 0 Å². The molecule has 1 aromatic carbocycles. The molecule has 0 saturated carbocycles. The molecule has 0 unspecified atom stereocenters. The molecule has 1 aromatic heterocycles. The van der Waals surface area contributed by atoms with Gasteiger partial charge in [0.15, 0.2) is 0 Å². The second-order valence-electron chi connectivity index (χ2n) is 3.58. The average Bonchev–Trinajstić information content (AvgIpc) is 2.70. The molecule has 0 radical (unpaired) electrons. The lowest BCUT2D eigenvalue weighted by Gasteiger charge is -2.04. The minimum atomic E-state index is -0.592. The second kappa shape index (κ2) is 5.49. The quantitative estimate of drug-likeness (QED) is 0.691. The van der Waals surface area contributed by atoms with Crippen molar-refractivity contribution in [1.82, 2.24) is 0 Å². The Labute approximate surface area is 116 Å². The third-order valence-corrected chi connectivity index (χ3v) is 3.79. The molecular formula is C12H9BrFNO2S. The van der Waals surface area contributed by atoms with Gasteiger partial charge in [-0.05, 0) is 40.2 Å². The Morgan fingerprint density at radius 1 is 1.39 bits per heavy atom. The van der Waals surface area contributed by atoms with Gasteiger partial charge in [-0.1, -0.05) is 0 Å². The van der Waals surface area contributed by atoms with Crippen LogP contribution < -0.4 is 5.73 Å². The van der Waals surface area contributed by atoms with Crippen molar-refractivity contribution in [2.45, 2.75) is 6.61 Å². The van der Waals surface area contributed by atoms with Crippen LogP contribution in [0.5, 0.6) is 0 Å². The van der Waals surface area contributed by atoms with Crippen LogP contribution in [-0.4, -0.2) is 5.97 Å². The van der Waals surface area contributed by atoms with Gasteiger partial charge in [0.1, 0.15) is 12.4 Å². The van der Waals surface area contributed by atoms with Crippen LogP contribution in [0, 0.1) is 5.82 Å². The van der Waals surface area contributed by atoms with Crippen molar-refractivity contribution in [3.8, 4) is 0 Å². The number of anilines is 1. The zero-order valence-electron chi connectivity index (χ0n) is 9.15. The first-order valence-electron chi connectivity index (χ1n) is 5.01. The number of nitrogens with two attached hydrogens (primary N) is 1. The Morgan fingerprint density at radius 2 is 2.17 bits per heavy atom. The Morgan fingerprint density at radius 3 is 2.78 bits per heavy atom. The maximum atomic E-state index is 13.1.